The second-order valence-corrected chi connectivity index (χ2v) is 10.6. The van der Waals surface area contributed by atoms with Gasteiger partial charge in [0.25, 0.3) is 5.69 Å². The average Bonchev–Trinajstić information content (AvgIpc) is 3.34. The molecule has 1 aromatic heterocycles. The van der Waals surface area contributed by atoms with Crippen LogP contribution in [0.3, 0.4) is 0 Å². The molecule has 0 radical (unpaired) electrons. The summed E-state index contributed by atoms with van der Waals surface area (Å²) in [6.45, 7) is 8.34. The molecular formula is C28H32N6O4S. The molecule has 11 heteroatoms. The van der Waals surface area contributed by atoms with E-state index >= 15 is 0 Å². The van der Waals surface area contributed by atoms with Crippen LogP contribution >= 0.6 is 11.5 Å². The summed E-state index contributed by atoms with van der Waals surface area (Å²) >= 11 is 1.32. The molecule has 0 spiro atoms. The summed E-state index contributed by atoms with van der Waals surface area (Å²) in [7, 11) is 0. The maximum absolute atomic E-state index is 13.2. The average molecular weight is 549 g/mol. The number of carbonyl (C=O) groups excluding carboxylic acids is 1. The third kappa shape index (κ3) is 5.64. The number of nitrogens with two attached hydrogens (primary N) is 1. The number of anilines is 2. The molecule has 5 rings (SSSR count). The number of benzene rings is 2. The first-order chi connectivity index (χ1) is 18.9. The number of esters is 1. The van der Waals surface area contributed by atoms with Gasteiger partial charge in [-0.15, -0.1) is 0 Å². The van der Waals surface area contributed by atoms with Gasteiger partial charge in [-0.25, -0.2) is 4.99 Å². The van der Waals surface area contributed by atoms with Crippen LogP contribution in [-0.4, -0.2) is 65.2 Å². The van der Waals surface area contributed by atoms with Crippen LogP contribution in [0.2, 0.25) is 0 Å². The molecule has 204 valence electrons. The SMILES string of the molecule is CCOC(=O)C1C(C)=Nc2snc(CCN3CCN(c4ccc(N)cc4)CC3)c2C1c1cccc([N+](=O)[O-])c1. The summed E-state index contributed by atoms with van der Waals surface area (Å²) in [5, 5.41) is 12.3. The fraction of sp³-hybridized carbons (Fsp3) is 0.393. The fourth-order valence-corrected chi connectivity index (χ4v) is 6.35. The highest BCUT2D eigenvalue weighted by atomic mass is 32.1. The minimum atomic E-state index is -0.668. The molecule has 1 fully saturated rings. The number of hydrogen-bond acceptors (Lipinski definition) is 10. The normalized spacial score (nSPS) is 19.3. The number of hydrogen-bond donors (Lipinski definition) is 1. The number of aromatic nitrogens is 1. The third-order valence-corrected chi connectivity index (χ3v) is 8.23. The molecule has 2 aliphatic rings. The zero-order valence-electron chi connectivity index (χ0n) is 22.1. The van der Waals surface area contributed by atoms with Gasteiger partial charge in [-0.2, -0.15) is 4.37 Å². The third-order valence-electron chi connectivity index (χ3n) is 7.43. The Hall–Kier alpha value is -3.83. The van der Waals surface area contributed by atoms with Crippen molar-refractivity contribution in [2.45, 2.75) is 26.2 Å². The van der Waals surface area contributed by atoms with Crippen molar-refractivity contribution in [3.63, 3.8) is 0 Å². The first-order valence-electron chi connectivity index (χ1n) is 13.1. The Kier molecular flexibility index (Phi) is 7.89. The van der Waals surface area contributed by atoms with E-state index < -0.39 is 16.8 Å². The molecule has 0 amide bonds. The second-order valence-electron chi connectivity index (χ2n) is 9.83. The molecule has 0 bridgehead atoms. The summed E-state index contributed by atoms with van der Waals surface area (Å²) in [4.78, 5) is 33.8. The lowest BCUT2D eigenvalue weighted by atomic mass is 9.76. The summed E-state index contributed by atoms with van der Waals surface area (Å²) in [6.07, 6.45) is 0.698. The van der Waals surface area contributed by atoms with Crippen molar-refractivity contribution in [3.05, 3.63) is 75.5 Å². The van der Waals surface area contributed by atoms with E-state index in [0.29, 0.717) is 17.7 Å². The van der Waals surface area contributed by atoms with E-state index in [0.717, 1.165) is 54.7 Å². The van der Waals surface area contributed by atoms with Gasteiger partial charge in [0.15, 0.2) is 0 Å². The van der Waals surface area contributed by atoms with E-state index in [2.05, 4.69) is 21.9 Å². The Morgan fingerprint density at radius 3 is 2.62 bits per heavy atom. The van der Waals surface area contributed by atoms with Gasteiger partial charge in [0, 0.05) is 79.8 Å². The van der Waals surface area contributed by atoms with Gasteiger partial charge in [-0.1, -0.05) is 12.1 Å². The summed E-state index contributed by atoms with van der Waals surface area (Å²) in [5.41, 5.74) is 10.8. The number of non-ortho nitro benzene ring substituents is 1. The molecule has 39 heavy (non-hydrogen) atoms. The number of aliphatic imine (C=N–C) groups is 1. The quantitative estimate of drug-likeness (QED) is 0.190. The Labute approximate surface area is 231 Å². The summed E-state index contributed by atoms with van der Waals surface area (Å²) in [5.74, 6) is -1.50. The van der Waals surface area contributed by atoms with Crippen LogP contribution in [0.4, 0.5) is 22.1 Å². The predicted octanol–water partition coefficient (Wildman–Crippen LogP) is 4.42. The fourth-order valence-electron chi connectivity index (χ4n) is 5.44. The van der Waals surface area contributed by atoms with E-state index in [1.165, 1.54) is 23.3 Å². The van der Waals surface area contributed by atoms with Crippen molar-refractivity contribution >= 4 is 45.3 Å². The maximum atomic E-state index is 13.2. The molecule has 0 saturated carbocycles. The second kappa shape index (κ2) is 11.5. The topological polar surface area (TPSA) is 127 Å². The van der Waals surface area contributed by atoms with Gasteiger partial charge in [-0.05, 0) is 55.2 Å². The first kappa shape index (κ1) is 26.8. The van der Waals surface area contributed by atoms with Gasteiger partial charge in [0.2, 0.25) is 0 Å². The standard InChI is InChI=1S/C28H32N6O4S/c1-3-38-28(35)24-18(2)30-27-26(25(24)19-5-4-6-22(17-19)34(36)37)23(31-39-27)11-12-32-13-15-33(16-14-32)21-9-7-20(29)8-10-21/h4-10,17,24-25H,3,11-16,29H2,1-2H3. The Bertz CT molecular complexity index is 1380. The number of rotatable bonds is 8. The van der Waals surface area contributed by atoms with Crippen molar-refractivity contribution in [1.82, 2.24) is 9.27 Å². The maximum Gasteiger partial charge on any atom is 0.315 e. The van der Waals surface area contributed by atoms with Crippen LogP contribution in [0.25, 0.3) is 0 Å². The number of ether oxygens (including phenoxy) is 1. The van der Waals surface area contributed by atoms with E-state index in [4.69, 9.17) is 19.8 Å². The lowest BCUT2D eigenvalue weighted by Gasteiger charge is -2.36. The monoisotopic (exact) mass is 548 g/mol. The molecule has 2 unspecified atom stereocenters. The van der Waals surface area contributed by atoms with Gasteiger partial charge in [-0.3, -0.25) is 19.8 Å². The molecule has 2 atom stereocenters. The number of carbonyl (C=O) groups is 1. The number of nitrogens with zero attached hydrogens (tertiary/aromatic N) is 5. The van der Waals surface area contributed by atoms with Gasteiger partial charge < -0.3 is 15.4 Å². The number of piperazine rings is 1. The van der Waals surface area contributed by atoms with Crippen molar-refractivity contribution in [2.75, 3.05) is 50.0 Å². The van der Waals surface area contributed by atoms with E-state index in [1.807, 2.05) is 25.1 Å². The largest absolute Gasteiger partial charge is 0.465 e. The minimum Gasteiger partial charge on any atom is -0.465 e. The molecule has 2 N–H and O–H groups in total. The van der Waals surface area contributed by atoms with Crippen LogP contribution in [0.15, 0.2) is 53.5 Å². The Balaban J connectivity index is 1.37. The van der Waals surface area contributed by atoms with E-state index in [9.17, 15) is 14.9 Å². The predicted molar refractivity (Wildman–Crippen MR) is 153 cm³/mol. The zero-order valence-corrected chi connectivity index (χ0v) is 22.9. The molecule has 3 heterocycles. The van der Waals surface area contributed by atoms with Crippen molar-refractivity contribution in [2.24, 2.45) is 10.9 Å². The number of nitro benzene ring substituents is 1. The van der Waals surface area contributed by atoms with Gasteiger partial charge in [0.1, 0.15) is 10.9 Å². The molecule has 1 saturated heterocycles. The Morgan fingerprint density at radius 2 is 1.92 bits per heavy atom. The van der Waals surface area contributed by atoms with Crippen LogP contribution in [0, 0.1) is 16.0 Å². The lowest BCUT2D eigenvalue weighted by molar-refractivity contribution is -0.384. The number of fused-ring (bicyclic) bond motifs is 1. The van der Waals surface area contributed by atoms with Crippen molar-refractivity contribution in [3.8, 4) is 0 Å². The summed E-state index contributed by atoms with van der Waals surface area (Å²) in [6, 6.07) is 14.5. The Morgan fingerprint density at radius 1 is 1.18 bits per heavy atom. The highest BCUT2D eigenvalue weighted by molar-refractivity contribution is 7.10. The first-order valence-corrected chi connectivity index (χ1v) is 13.9. The molecule has 3 aromatic rings. The van der Waals surface area contributed by atoms with Crippen molar-refractivity contribution < 1.29 is 14.5 Å². The van der Waals surface area contributed by atoms with Crippen LogP contribution in [0.5, 0.6) is 0 Å². The molecule has 2 aromatic carbocycles. The van der Waals surface area contributed by atoms with E-state index in [-0.39, 0.29) is 18.3 Å². The highest BCUT2D eigenvalue weighted by Gasteiger charge is 2.41. The molecular weight excluding hydrogens is 516 g/mol. The van der Waals surface area contributed by atoms with Crippen LogP contribution in [0.1, 0.15) is 36.6 Å². The van der Waals surface area contributed by atoms with Gasteiger partial charge in [0.05, 0.1) is 17.2 Å². The highest BCUT2D eigenvalue weighted by Crippen LogP contribution is 2.47. The van der Waals surface area contributed by atoms with Gasteiger partial charge >= 0.3 is 5.97 Å². The van der Waals surface area contributed by atoms with Crippen LogP contribution in [-0.2, 0) is 16.0 Å². The van der Waals surface area contributed by atoms with Crippen LogP contribution < -0.4 is 10.6 Å². The molecule has 0 aliphatic carbocycles. The smallest absolute Gasteiger partial charge is 0.315 e. The summed E-state index contributed by atoms with van der Waals surface area (Å²) < 4.78 is 10.2. The number of nitrogen functional groups attached to an aromatic ring is 1. The zero-order chi connectivity index (χ0) is 27.5. The lowest BCUT2D eigenvalue weighted by Crippen LogP contribution is -2.47. The van der Waals surface area contributed by atoms with Crippen molar-refractivity contribution in [1.29, 1.82) is 0 Å². The minimum absolute atomic E-state index is 0.0134. The molecule has 2 aliphatic heterocycles. The number of nitro groups is 1. The van der Waals surface area contributed by atoms with E-state index in [1.54, 1.807) is 19.1 Å². The molecule has 10 nitrogen and oxygen atoms in total.